The fraction of sp³-hybridized carbons (Fsp3) is 0.483. The van der Waals surface area contributed by atoms with Gasteiger partial charge in [-0.05, 0) is 136 Å². The van der Waals surface area contributed by atoms with Crippen molar-refractivity contribution >= 4 is 40.7 Å². The Hall–Kier alpha value is -6.40. The molecule has 0 bridgehead atoms. The summed E-state index contributed by atoms with van der Waals surface area (Å²) in [5.41, 5.74) is 10.1. The monoisotopic (exact) mass is 1050 g/mol. The molecule has 402 valence electrons. The normalized spacial score (nSPS) is 16.8. The van der Waals surface area contributed by atoms with Gasteiger partial charge in [0.2, 0.25) is 17.7 Å². The van der Waals surface area contributed by atoms with E-state index >= 15 is 0 Å². The van der Waals surface area contributed by atoms with Crippen LogP contribution in [0.15, 0.2) is 77.0 Å². The number of anilines is 1. The molecule has 4 atom stereocenters. The van der Waals surface area contributed by atoms with Crippen LogP contribution >= 0.6 is 11.3 Å². The number of hydrogen-bond acceptors (Lipinski definition) is 12. The van der Waals surface area contributed by atoms with E-state index in [1.165, 1.54) is 4.90 Å². The number of aromatic amines is 1. The fourth-order valence-electron chi connectivity index (χ4n) is 10.0. The highest BCUT2D eigenvalue weighted by molar-refractivity contribution is 7.13. The number of aromatic nitrogens is 2. The number of benzene rings is 3. The van der Waals surface area contributed by atoms with E-state index in [-0.39, 0.29) is 55.6 Å². The first-order valence-electron chi connectivity index (χ1n) is 26.2. The van der Waals surface area contributed by atoms with Gasteiger partial charge in [-0.2, -0.15) is 0 Å². The molecule has 4 amide bonds. The van der Waals surface area contributed by atoms with Gasteiger partial charge in [0.1, 0.15) is 24.4 Å². The minimum absolute atomic E-state index is 0.0238. The lowest BCUT2D eigenvalue weighted by atomic mass is 9.85. The van der Waals surface area contributed by atoms with Gasteiger partial charge in [-0.15, -0.1) is 11.3 Å². The lowest BCUT2D eigenvalue weighted by Crippen LogP contribution is -2.58. The largest absolute Gasteiger partial charge is 0.494 e. The summed E-state index contributed by atoms with van der Waals surface area (Å²) in [4.78, 5) is 79.9. The van der Waals surface area contributed by atoms with Gasteiger partial charge < -0.3 is 50.1 Å². The van der Waals surface area contributed by atoms with Crippen LogP contribution < -0.4 is 31.1 Å². The summed E-state index contributed by atoms with van der Waals surface area (Å²) < 4.78 is 17.5. The summed E-state index contributed by atoms with van der Waals surface area (Å²) in [6.45, 7) is 19.9. The predicted molar refractivity (Wildman–Crippen MR) is 293 cm³/mol. The molecule has 4 heterocycles. The number of pyridine rings is 1. The van der Waals surface area contributed by atoms with Crippen molar-refractivity contribution < 1.29 is 38.5 Å². The molecule has 5 N–H and O–H groups in total. The molecule has 2 aliphatic rings. The van der Waals surface area contributed by atoms with Gasteiger partial charge in [-0.1, -0.05) is 57.2 Å². The maximum Gasteiger partial charge on any atom is 0.253 e. The van der Waals surface area contributed by atoms with Gasteiger partial charge in [-0.3, -0.25) is 24.0 Å². The number of unbranched alkanes of at least 4 members (excludes halogenated alkanes) is 1. The number of carbonyl (C=O) groups excluding carboxylic acids is 4. The second kappa shape index (κ2) is 25.4. The Bertz CT molecular complexity index is 2830. The average molecular weight is 1050 g/mol. The Kier molecular flexibility index (Phi) is 19.1. The number of β-amino-alcohol motifs (C(OH)–C–C–N with tert-alkyl or cyclic N) is 1. The summed E-state index contributed by atoms with van der Waals surface area (Å²) in [6, 6.07) is 19.7. The van der Waals surface area contributed by atoms with Crippen LogP contribution in [0.3, 0.4) is 0 Å². The van der Waals surface area contributed by atoms with Gasteiger partial charge in [0.25, 0.3) is 11.5 Å². The number of amides is 4. The van der Waals surface area contributed by atoms with Crippen LogP contribution in [-0.2, 0) is 30.4 Å². The molecule has 0 saturated carbocycles. The van der Waals surface area contributed by atoms with Gasteiger partial charge in [0, 0.05) is 74.4 Å². The molecule has 75 heavy (non-hydrogen) atoms. The Morgan fingerprint density at radius 3 is 2.28 bits per heavy atom. The number of carbonyl (C=O) groups is 4. The number of hydrogen-bond donors (Lipinski definition) is 5. The first kappa shape index (κ1) is 56.3. The van der Waals surface area contributed by atoms with E-state index < -0.39 is 35.4 Å². The molecule has 2 fully saturated rings. The number of nitrogens with zero attached hydrogens (tertiary/aromatic N) is 3. The van der Waals surface area contributed by atoms with Gasteiger partial charge in [0.05, 0.1) is 34.8 Å². The zero-order valence-corrected chi connectivity index (χ0v) is 45.8. The Balaban J connectivity index is 0.894. The highest BCUT2D eigenvalue weighted by Gasteiger charge is 2.45. The number of aliphatic hydroxyl groups is 1. The van der Waals surface area contributed by atoms with Gasteiger partial charge in [0.15, 0.2) is 0 Å². The molecular weight excluding hydrogens is 971 g/mol. The minimum atomic E-state index is -0.973. The smallest absolute Gasteiger partial charge is 0.253 e. The third kappa shape index (κ3) is 14.3. The Morgan fingerprint density at radius 2 is 1.63 bits per heavy atom. The molecule has 0 radical (unpaired) electrons. The van der Waals surface area contributed by atoms with E-state index in [4.69, 9.17) is 14.2 Å². The van der Waals surface area contributed by atoms with Crippen LogP contribution in [0.5, 0.6) is 5.75 Å². The van der Waals surface area contributed by atoms with Crippen molar-refractivity contribution in [3.05, 3.63) is 122 Å². The van der Waals surface area contributed by atoms with E-state index in [9.17, 15) is 29.1 Å². The SMILES string of the molecule is CCN(c1cc(-c2ccc(OCCCCOCC(=O)NC(C(=O)N3C[C@H](O)C[C@H]3C(=O)NC(C)c3ccc(-c4scnc4C)cc3)C(C)(C)C)cc2)cc(C(=O)NCc2c(C)cc(C)[nH]c2=O)c1C)C1CCOCC1. The fourth-order valence-corrected chi connectivity index (χ4v) is 10.8. The third-order valence-corrected chi connectivity index (χ3v) is 15.2. The number of rotatable bonds is 21. The summed E-state index contributed by atoms with van der Waals surface area (Å²) in [7, 11) is 0. The average Bonchev–Trinajstić information content (AvgIpc) is 4.00. The van der Waals surface area contributed by atoms with Gasteiger partial charge >= 0.3 is 0 Å². The quantitative estimate of drug-likeness (QED) is 0.0447. The van der Waals surface area contributed by atoms with E-state index in [2.05, 4.69) is 43.8 Å². The molecule has 5 aromatic rings. The van der Waals surface area contributed by atoms with Crippen molar-refractivity contribution in [2.75, 3.05) is 51.0 Å². The number of likely N-dealkylation sites (tertiary alicyclic amines) is 1. The maximum absolute atomic E-state index is 14.2. The van der Waals surface area contributed by atoms with Crippen molar-refractivity contribution in [3.63, 3.8) is 0 Å². The molecule has 0 spiro atoms. The third-order valence-electron chi connectivity index (χ3n) is 14.3. The van der Waals surface area contributed by atoms with Crippen LogP contribution in [0.25, 0.3) is 21.6 Å². The minimum Gasteiger partial charge on any atom is -0.494 e. The highest BCUT2D eigenvalue weighted by Crippen LogP contribution is 2.35. The summed E-state index contributed by atoms with van der Waals surface area (Å²) in [5.74, 6) is -0.843. The van der Waals surface area contributed by atoms with Crippen LogP contribution in [0, 0.1) is 33.1 Å². The van der Waals surface area contributed by atoms with Crippen molar-refractivity contribution in [1.82, 2.24) is 30.8 Å². The molecule has 0 aliphatic carbocycles. The topological polar surface area (TPSA) is 205 Å². The number of ether oxygens (including phenoxy) is 3. The molecule has 2 aliphatic heterocycles. The lowest BCUT2D eigenvalue weighted by Gasteiger charge is -2.37. The predicted octanol–water partition coefficient (Wildman–Crippen LogP) is 7.88. The van der Waals surface area contributed by atoms with Crippen LogP contribution in [0.4, 0.5) is 5.69 Å². The maximum atomic E-state index is 14.2. The zero-order chi connectivity index (χ0) is 54.0. The van der Waals surface area contributed by atoms with Crippen molar-refractivity contribution in [2.24, 2.45) is 5.41 Å². The van der Waals surface area contributed by atoms with Crippen molar-refractivity contribution in [2.45, 2.75) is 131 Å². The number of nitrogens with one attached hydrogen (secondary N) is 4. The number of aliphatic hydroxyl groups excluding tert-OH is 1. The Morgan fingerprint density at radius 1 is 0.933 bits per heavy atom. The van der Waals surface area contributed by atoms with Crippen molar-refractivity contribution in [3.8, 4) is 27.3 Å². The number of aryl methyl sites for hydroxylation is 3. The van der Waals surface area contributed by atoms with Crippen LogP contribution in [0.2, 0.25) is 0 Å². The second-order valence-electron chi connectivity index (χ2n) is 20.9. The summed E-state index contributed by atoms with van der Waals surface area (Å²) in [6.07, 6.45) is 2.28. The molecule has 2 unspecified atom stereocenters. The number of thiazole rings is 1. The first-order valence-corrected chi connectivity index (χ1v) is 27.1. The molecule has 2 aromatic heterocycles. The standard InChI is InChI=1S/C58H75N7O9S/c1-10-64(44-21-25-72-26-22-44)49-29-43(28-47(37(49)4)54(68)59-31-48-35(2)27-36(3)61-55(48)69)41-17-19-46(20-18-41)74-24-12-11-23-73-33-51(67)63-53(58(7,8)9)57(71)65-32-45(66)30-50(65)56(70)62-38(5)40-13-15-42(16-14-40)52-39(6)60-34-75-52/h13-20,27-29,34,38,44-45,50,53,66H,10-12,21-26,30-33H2,1-9H3,(H,59,68)(H,61,69)(H,62,70)(H,63,67)/t38?,45-,50+,53?/m1/s1. The molecule has 16 nitrogen and oxygen atoms in total. The van der Waals surface area contributed by atoms with E-state index in [0.717, 1.165) is 74.7 Å². The van der Waals surface area contributed by atoms with Gasteiger partial charge in [-0.25, -0.2) is 4.98 Å². The lowest BCUT2D eigenvalue weighted by molar-refractivity contribution is -0.144. The molecule has 2 saturated heterocycles. The first-order chi connectivity index (χ1) is 35.8. The molecule has 7 rings (SSSR count). The van der Waals surface area contributed by atoms with E-state index in [1.807, 2.05) is 122 Å². The Labute approximate surface area is 445 Å². The summed E-state index contributed by atoms with van der Waals surface area (Å²) >= 11 is 1.57. The van der Waals surface area contributed by atoms with E-state index in [1.54, 1.807) is 11.3 Å². The zero-order valence-electron chi connectivity index (χ0n) is 45.0. The van der Waals surface area contributed by atoms with Crippen LogP contribution in [-0.4, -0.2) is 114 Å². The highest BCUT2D eigenvalue weighted by atomic mass is 32.1. The van der Waals surface area contributed by atoms with Crippen molar-refractivity contribution in [1.29, 1.82) is 0 Å². The number of H-pyrrole nitrogens is 1. The summed E-state index contributed by atoms with van der Waals surface area (Å²) in [5, 5.41) is 19.6. The molecular formula is C58H75N7O9S. The molecule has 3 aromatic carbocycles. The van der Waals surface area contributed by atoms with Crippen LogP contribution in [0.1, 0.15) is 117 Å². The molecule has 17 heteroatoms. The van der Waals surface area contributed by atoms with E-state index in [0.29, 0.717) is 56.1 Å². The second-order valence-corrected chi connectivity index (χ2v) is 21.8.